The molecule has 1 aromatic rings. The van der Waals surface area contributed by atoms with Crippen LogP contribution < -0.4 is 0 Å². The standard InChI is InChI=1S/C11H13NO3S/c13-11(14)10-5-9(1-3-12-10)16-7-8-2-4-15-6-8/h1,3,5,8H,2,4,6-7H2,(H,13,14). The van der Waals surface area contributed by atoms with Crippen LogP contribution in [-0.2, 0) is 4.74 Å². The molecule has 1 saturated heterocycles. The zero-order chi connectivity index (χ0) is 11.4. The van der Waals surface area contributed by atoms with Gasteiger partial charge in [-0.3, -0.25) is 0 Å². The molecule has 1 N–H and O–H groups in total. The molecule has 1 unspecified atom stereocenters. The topological polar surface area (TPSA) is 59.4 Å². The third-order valence-corrected chi connectivity index (χ3v) is 3.69. The maximum atomic E-state index is 10.7. The van der Waals surface area contributed by atoms with Gasteiger partial charge in [0.15, 0.2) is 0 Å². The molecule has 4 nitrogen and oxygen atoms in total. The molecule has 0 aromatic carbocycles. The van der Waals surface area contributed by atoms with Crippen LogP contribution in [0.25, 0.3) is 0 Å². The van der Waals surface area contributed by atoms with Gasteiger partial charge in [-0.2, -0.15) is 0 Å². The quantitative estimate of drug-likeness (QED) is 0.813. The van der Waals surface area contributed by atoms with Crippen molar-refractivity contribution in [2.24, 2.45) is 5.92 Å². The van der Waals surface area contributed by atoms with Gasteiger partial charge in [-0.25, -0.2) is 9.78 Å². The van der Waals surface area contributed by atoms with E-state index in [0.717, 1.165) is 30.3 Å². The number of hydrogen-bond acceptors (Lipinski definition) is 4. The Kier molecular flexibility index (Phi) is 3.79. The summed E-state index contributed by atoms with van der Waals surface area (Å²) in [7, 11) is 0. The fourth-order valence-electron chi connectivity index (χ4n) is 1.55. The predicted octanol–water partition coefficient (Wildman–Crippen LogP) is 1.91. The van der Waals surface area contributed by atoms with Crippen LogP contribution in [-0.4, -0.2) is 35.0 Å². The van der Waals surface area contributed by atoms with Gasteiger partial charge in [-0.05, 0) is 24.5 Å². The van der Waals surface area contributed by atoms with E-state index in [9.17, 15) is 4.79 Å². The lowest BCUT2D eigenvalue weighted by Gasteiger charge is -2.06. The second-order valence-electron chi connectivity index (χ2n) is 3.72. The second-order valence-corrected chi connectivity index (χ2v) is 4.82. The van der Waals surface area contributed by atoms with Crippen molar-refractivity contribution in [1.29, 1.82) is 0 Å². The van der Waals surface area contributed by atoms with Gasteiger partial charge >= 0.3 is 5.97 Å². The second kappa shape index (κ2) is 5.32. The highest BCUT2D eigenvalue weighted by molar-refractivity contribution is 7.99. The van der Waals surface area contributed by atoms with E-state index in [-0.39, 0.29) is 5.69 Å². The summed E-state index contributed by atoms with van der Waals surface area (Å²) < 4.78 is 5.29. The van der Waals surface area contributed by atoms with Gasteiger partial charge in [0.25, 0.3) is 0 Å². The lowest BCUT2D eigenvalue weighted by Crippen LogP contribution is -2.03. The first-order valence-corrected chi connectivity index (χ1v) is 6.14. The van der Waals surface area contributed by atoms with E-state index in [0.29, 0.717) is 5.92 Å². The first-order chi connectivity index (χ1) is 7.75. The van der Waals surface area contributed by atoms with E-state index >= 15 is 0 Å². The Hall–Kier alpha value is -1.07. The first kappa shape index (κ1) is 11.4. The van der Waals surface area contributed by atoms with Crippen LogP contribution in [0.4, 0.5) is 0 Å². The summed E-state index contributed by atoms with van der Waals surface area (Å²) in [6, 6.07) is 3.45. The maximum absolute atomic E-state index is 10.7. The minimum atomic E-state index is -0.980. The molecule has 1 aliphatic rings. The Balaban J connectivity index is 1.93. The van der Waals surface area contributed by atoms with Crippen LogP contribution in [0, 0.1) is 5.92 Å². The number of hydrogen-bond donors (Lipinski definition) is 1. The Morgan fingerprint density at radius 1 is 1.69 bits per heavy atom. The molecule has 16 heavy (non-hydrogen) atoms. The van der Waals surface area contributed by atoms with Gasteiger partial charge in [0.05, 0.1) is 6.61 Å². The lowest BCUT2D eigenvalue weighted by molar-refractivity contribution is 0.0690. The van der Waals surface area contributed by atoms with Crippen LogP contribution in [0.5, 0.6) is 0 Å². The summed E-state index contributed by atoms with van der Waals surface area (Å²) in [5.74, 6) is 0.585. The third kappa shape index (κ3) is 2.96. The Bertz CT molecular complexity index is 377. The van der Waals surface area contributed by atoms with Gasteiger partial charge in [0.2, 0.25) is 0 Å². The van der Waals surface area contributed by atoms with Crippen molar-refractivity contribution in [3.8, 4) is 0 Å². The van der Waals surface area contributed by atoms with Gasteiger partial charge in [-0.1, -0.05) is 0 Å². The van der Waals surface area contributed by atoms with Crippen LogP contribution in [0.2, 0.25) is 0 Å². The van der Waals surface area contributed by atoms with Crippen molar-refractivity contribution in [3.05, 3.63) is 24.0 Å². The molecule has 1 aromatic heterocycles. The summed E-state index contributed by atoms with van der Waals surface area (Å²) in [6.45, 7) is 1.67. The highest BCUT2D eigenvalue weighted by Crippen LogP contribution is 2.24. The van der Waals surface area contributed by atoms with Crippen LogP contribution in [0.1, 0.15) is 16.9 Å². The normalized spacial score (nSPS) is 19.9. The Morgan fingerprint density at radius 2 is 2.56 bits per heavy atom. The van der Waals surface area contributed by atoms with Gasteiger partial charge < -0.3 is 9.84 Å². The zero-order valence-electron chi connectivity index (χ0n) is 8.76. The van der Waals surface area contributed by atoms with Gasteiger partial charge in [0, 0.05) is 23.5 Å². The molecule has 2 heterocycles. The molecule has 86 valence electrons. The smallest absolute Gasteiger partial charge is 0.354 e. The number of pyridine rings is 1. The Morgan fingerprint density at radius 3 is 3.25 bits per heavy atom. The van der Waals surface area contributed by atoms with E-state index in [2.05, 4.69) is 4.98 Å². The van der Waals surface area contributed by atoms with Crippen molar-refractivity contribution >= 4 is 17.7 Å². The van der Waals surface area contributed by atoms with Crippen molar-refractivity contribution in [1.82, 2.24) is 4.98 Å². The zero-order valence-corrected chi connectivity index (χ0v) is 9.57. The maximum Gasteiger partial charge on any atom is 0.354 e. The molecule has 1 atom stereocenters. The number of carboxylic acid groups (broad SMARTS) is 1. The van der Waals surface area contributed by atoms with Crippen molar-refractivity contribution in [2.75, 3.05) is 19.0 Å². The first-order valence-electron chi connectivity index (χ1n) is 5.15. The minimum absolute atomic E-state index is 0.104. The highest BCUT2D eigenvalue weighted by Gasteiger charge is 2.16. The minimum Gasteiger partial charge on any atom is -0.477 e. The molecular formula is C11H13NO3S. The van der Waals surface area contributed by atoms with Crippen molar-refractivity contribution in [2.45, 2.75) is 11.3 Å². The summed E-state index contributed by atoms with van der Waals surface area (Å²) in [4.78, 5) is 15.5. The molecule has 5 heteroatoms. The van der Waals surface area contributed by atoms with Gasteiger partial charge in [0.1, 0.15) is 5.69 Å². The van der Waals surface area contributed by atoms with Crippen molar-refractivity contribution < 1.29 is 14.6 Å². The molecule has 0 saturated carbocycles. The summed E-state index contributed by atoms with van der Waals surface area (Å²) in [6.07, 6.45) is 2.64. The summed E-state index contributed by atoms with van der Waals surface area (Å²) in [5.41, 5.74) is 0.104. The average Bonchev–Trinajstić information content (AvgIpc) is 2.79. The molecule has 0 radical (unpaired) electrons. The van der Waals surface area contributed by atoms with Gasteiger partial charge in [-0.15, -0.1) is 11.8 Å². The number of ether oxygens (including phenoxy) is 1. The lowest BCUT2D eigenvalue weighted by atomic mass is 10.2. The van der Waals surface area contributed by atoms with E-state index in [1.807, 2.05) is 6.07 Å². The number of aromatic nitrogens is 1. The fraction of sp³-hybridized carbons (Fsp3) is 0.455. The molecule has 1 aliphatic heterocycles. The molecule has 0 bridgehead atoms. The number of thioether (sulfide) groups is 1. The molecule has 0 spiro atoms. The van der Waals surface area contributed by atoms with E-state index in [4.69, 9.17) is 9.84 Å². The molecule has 0 amide bonds. The third-order valence-electron chi connectivity index (χ3n) is 2.46. The molecule has 2 rings (SSSR count). The highest BCUT2D eigenvalue weighted by atomic mass is 32.2. The van der Waals surface area contributed by atoms with Crippen molar-refractivity contribution in [3.63, 3.8) is 0 Å². The number of carboxylic acids is 1. The predicted molar refractivity (Wildman–Crippen MR) is 60.8 cm³/mol. The van der Waals surface area contributed by atoms with E-state index < -0.39 is 5.97 Å². The van der Waals surface area contributed by atoms with Crippen LogP contribution >= 0.6 is 11.8 Å². The van der Waals surface area contributed by atoms with Crippen LogP contribution in [0.3, 0.4) is 0 Å². The van der Waals surface area contributed by atoms with Crippen LogP contribution in [0.15, 0.2) is 23.2 Å². The SMILES string of the molecule is O=C(O)c1cc(SCC2CCOC2)ccn1. The number of rotatable bonds is 4. The number of nitrogens with zero attached hydrogens (tertiary/aromatic N) is 1. The summed E-state index contributed by atoms with van der Waals surface area (Å²) >= 11 is 1.67. The fourth-order valence-corrected chi connectivity index (χ4v) is 2.59. The Labute approximate surface area is 98.0 Å². The summed E-state index contributed by atoms with van der Waals surface area (Å²) in [5, 5.41) is 8.80. The number of aromatic carboxylic acids is 1. The average molecular weight is 239 g/mol. The molecular weight excluding hydrogens is 226 g/mol. The monoisotopic (exact) mass is 239 g/mol. The number of carbonyl (C=O) groups is 1. The molecule has 1 fully saturated rings. The molecule has 0 aliphatic carbocycles. The van der Waals surface area contributed by atoms with E-state index in [1.54, 1.807) is 17.8 Å². The largest absolute Gasteiger partial charge is 0.477 e. The van der Waals surface area contributed by atoms with E-state index in [1.165, 1.54) is 6.20 Å².